The van der Waals surface area contributed by atoms with Crippen molar-refractivity contribution in [2.75, 3.05) is 5.75 Å². The molecule has 0 aliphatic heterocycles. The Kier molecular flexibility index (Phi) is 4.21. The van der Waals surface area contributed by atoms with Crippen molar-refractivity contribution >= 4 is 12.0 Å². The quantitative estimate of drug-likeness (QED) is 0.473. The minimum Gasteiger partial charge on any atom is -0.426 e. The van der Waals surface area contributed by atoms with Gasteiger partial charge >= 0.3 is 0 Å². The summed E-state index contributed by atoms with van der Waals surface area (Å²) in [6.45, 7) is 2.15. The molecular formula is C9H14OS. The van der Waals surface area contributed by atoms with Gasteiger partial charge in [-0.1, -0.05) is 13.0 Å². The van der Waals surface area contributed by atoms with Crippen molar-refractivity contribution in [3.8, 4) is 0 Å². The van der Waals surface area contributed by atoms with Gasteiger partial charge in [0.15, 0.2) is 0 Å². The highest BCUT2D eigenvalue weighted by Gasteiger charge is 1.97. The predicted molar refractivity (Wildman–Crippen MR) is 50.3 cm³/mol. The third kappa shape index (κ3) is 3.51. The summed E-state index contributed by atoms with van der Waals surface area (Å²) >= 11 is 1.54. The Morgan fingerprint density at radius 1 is 1.55 bits per heavy atom. The highest BCUT2D eigenvalue weighted by Crippen LogP contribution is 2.17. The van der Waals surface area contributed by atoms with Crippen molar-refractivity contribution < 1.29 is 4.18 Å². The predicted octanol–water partition coefficient (Wildman–Crippen LogP) is 3.30. The van der Waals surface area contributed by atoms with E-state index in [1.165, 1.54) is 6.42 Å². The van der Waals surface area contributed by atoms with Gasteiger partial charge in [-0.25, -0.2) is 0 Å². The molecule has 1 nitrogen and oxygen atoms in total. The Hall–Kier alpha value is -0.370. The number of hydrogen-bond donors (Lipinski definition) is 0. The smallest absolute Gasteiger partial charge is 0.133 e. The first-order valence-corrected chi connectivity index (χ1v) is 5.00. The minimum atomic E-state index is 1.02. The standard InChI is InChI=1S/C9H14OS/c1-2-8-11-10-9-6-4-3-5-7-9/h4,6-7H,2-3,5,8H2,1H3. The van der Waals surface area contributed by atoms with Crippen LogP contribution in [0.5, 0.6) is 0 Å². The Bertz CT molecular complexity index is 161. The fourth-order valence-corrected chi connectivity index (χ4v) is 1.35. The molecule has 62 valence electrons. The molecule has 0 radical (unpaired) electrons. The molecule has 0 aromatic carbocycles. The van der Waals surface area contributed by atoms with Crippen molar-refractivity contribution in [3.05, 3.63) is 24.0 Å². The van der Waals surface area contributed by atoms with Gasteiger partial charge < -0.3 is 4.18 Å². The van der Waals surface area contributed by atoms with Crippen LogP contribution in [0.1, 0.15) is 26.2 Å². The zero-order valence-electron chi connectivity index (χ0n) is 6.88. The van der Waals surface area contributed by atoms with E-state index in [0.29, 0.717) is 0 Å². The fourth-order valence-electron chi connectivity index (χ4n) is 0.844. The molecule has 1 aliphatic rings. The van der Waals surface area contributed by atoms with Gasteiger partial charge in [0.05, 0.1) is 12.0 Å². The maximum atomic E-state index is 5.41. The molecular weight excluding hydrogens is 156 g/mol. The van der Waals surface area contributed by atoms with Crippen LogP contribution in [-0.4, -0.2) is 5.75 Å². The van der Waals surface area contributed by atoms with Gasteiger partial charge in [-0.15, -0.1) is 0 Å². The van der Waals surface area contributed by atoms with Crippen LogP contribution in [0, 0.1) is 0 Å². The van der Waals surface area contributed by atoms with Crippen LogP contribution in [0.4, 0.5) is 0 Å². The number of rotatable bonds is 4. The molecule has 1 aliphatic carbocycles. The van der Waals surface area contributed by atoms with Crippen molar-refractivity contribution in [1.82, 2.24) is 0 Å². The van der Waals surface area contributed by atoms with E-state index in [9.17, 15) is 0 Å². The molecule has 0 unspecified atom stereocenters. The number of hydrogen-bond acceptors (Lipinski definition) is 2. The second-order valence-electron chi connectivity index (χ2n) is 2.49. The van der Waals surface area contributed by atoms with E-state index in [1.807, 2.05) is 6.08 Å². The molecule has 0 saturated carbocycles. The van der Waals surface area contributed by atoms with Crippen LogP contribution in [0.25, 0.3) is 0 Å². The van der Waals surface area contributed by atoms with Gasteiger partial charge in [0, 0.05) is 5.75 Å². The molecule has 0 spiro atoms. The van der Waals surface area contributed by atoms with Gasteiger partial charge in [0.1, 0.15) is 5.76 Å². The molecule has 0 bridgehead atoms. The summed E-state index contributed by atoms with van der Waals surface area (Å²) in [5.41, 5.74) is 0. The van der Waals surface area contributed by atoms with Crippen LogP contribution < -0.4 is 0 Å². The molecule has 0 N–H and O–H groups in total. The van der Waals surface area contributed by atoms with E-state index in [1.54, 1.807) is 12.0 Å². The lowest BCUT2D eigenvalue weighted by Gasteiger charge is -2.06. The Labute approximate surface area is 72.7 Å². The van der Waals surface area contributed by atoms with Crippen LogP contribution >= 0.6 is 12.0 Å². The van der Waals surface area contributed by atoms with E-state index in [2.05, 4.69) is 19.1 Å². The van der Waals surface area contributed by atoms with E-state index >= 15 is 0 Å². The third-order valence-corrected chi connectivity index (χ3v) is 2.29. The first-order chi connectivity index (χ1) is 5.43. The highest BCUT2D eigenvalue weighted by molar-refractivity contribution is 7.94. The average Bonchev–Trinajstić information content (AvgIpc) is 2.07. The second kappa shape index (κ2) is 5.30. The summed E-state index contributed by atoms with van der Waals surface area (Å²) in [5.74, 6) is 2.10. The van der Waals surface area contributed by atoms with Crippen LogP contribution in [0.15, 0.2) is 24.0 Å². The molecule has 1 rings (SSSR count). The van der Waals surface area contributed by atoms with Crippen molar-refractivity contribution in [3.63, 3.8) is 0 Å². The summed E-state index contributed by atoms with van der Waals surface area (Å²) in [7, 11) is 0. The molecule has 0 saturated heterocycles. The molecule has 0 fully saturated rings. The second-order valence-corrected chi connectivity index (χ2v) is 3.30. The topological polar surface area (TPSA) is 9.23 Å². The molecule has 0 aromatic heterocycles. The summed E-state index contributed by atoms with van der Waals surface area (Å²) in [4.78, 5) is 0. The van der Waals surface area contributed by atoms with Gasteiger partial charge in [-0.3, -0.25) is 0 Å². The molecule has 0 heterocycles. The van der Waals surface area contributed by atoms with Crippen LogP contribution in [-0.2, 0) is 4.18 Å². The molecule has 2 heteroatoms. The van der Waals surface area contributed by atoms with E-state index in [-0.39, 0.29) is 0 Å². The molecule has 0 atom stereocenters. The SMILES string of the molecule is CCCSOC1=CCCC=C1. The lowest BCUT2D eigenvalue weighted by Crippen LogP contribution is -1.86. The lowest BCUT2D eigenvalue weighted by atomic mass is 10.2. The Morgan fingerprint density at radius 3 is 3.09 bits per heavy atom. The molecule has 0 aromatic rings. The molecule has 0 amide bonds. The van der Waals surface area contributed by atoms with Crippen LogP contribution in [0.3, 0.4) is 0 Å². The first kappa shape index (κ1) is 8.72. The lowest BCUT2D eigenvalue weighted by molar-refractivity contribution is 0.513. The largest absolute Gasteiger partial charge is 0.426 e. The average molecular weight is 170 g/mol. The monoisotopic (exact) mass is 170 g/mol. The van der Waals surface area contributed by atoms with Crippen molar-refractivity contribution in [2.24, 2.45) is 0 Å². The number of allylic oxidation sites excluding steroid dienone is 3. The van der Waals surface area contributed by atoms with Crippen molar-refractivity contribution in [2.45, 2.75) is 26.2 Å². The summed E-state index contributed by atoms with van der Waals surface area (Å²) < 4.78 is 5.41. The Balaban J connectivity index is 2.15. The summed E-state index contributed by atoms with van der Waals surface area (Å²) in [6, 6.07) is 0. The summed E-state index contributed by atoms with van der Waals surface area (Å²) in [5, 5.41) is 0. The zero-order chi connectivity index (χ0) is 7.94. The van der Waals surface area contributed by atoms with Crippen molar-refractivity contribution in [1.29, 1.82) is 0 Å². The maximum absolute atomic E-state index is 5.41. The minimum absolute atomic E-state index is 1.02. The fraction of sp³-hybridized carbons (Fsp3) is 0.556. The molecule has 11 heavy (non-hydrogen) atoms. The van der Waals surface area contributed by atoms with Gasteiger partial charge in [0.25, 0.3) is 0 Å². The zero-order valence-corrected chi connectivity index (χ0v) is 7.69. The van der Waals surface area contributed by atoms with Gasteiger partial charge in [-0.05, 0) is 31.4 Å². The van der Waals surface area contributed by atoms with E-state index in [4.69, 9.17) is 4.18 Å². The van der Waals surface area contributed by atoms with Crippen LogP contribution in [0.2, 0.25) is 0 Å². The van der Waals surface area contributed by atoms with Gasteiger partial charge in [-0.2, -0.15) is 0 Å². The summed E-state index contributed by atoms with van der Waals surface area (Å²) in [6.07, 6.45) is 9.79. The normalized spacial score (nSPS) is 16.3. The first-order valence-electron chi connectivity index (χ1n) is 4.09. The van der Waals surface area contributed by atoms with Gasteiger partial charge in [0.2, 0.25) is 0 Å². The highest BCUT2D eigenvalue weighted by atomic mass is 32.2. The maximum Gasteiger partial charge on any atom is 0.133 e. The third-order valence-electron chi connectivity index (χ3n) is 1.40. The Morgan fingerprint density at radius 2 is 2.45 bits per heavy atom. The van der Waals surface area contributed by atoms with E-state index in [0.717, 1.165) is 24.4 Å². The van der Waals surface area contributed by atoms with E-state index < -0.39 is 0 Å².